The molecule has 0 heteroatoms. The average Bonchev–Trinajstić information content (AvgIpc) is 2.88. The molecule has 0 spiro atoms. The fraction of sp³-hybridized carbons (Fsp3) is 0.333. The maximum atomic E-state index is 3.81. The van der Waals surface area contributed by atoms with E-state index in [9.17, 15) is 0 Å². The summed E-state index contributed by atoms with van der Waals surface area (Å²) in [5.74, 6) is 0.851. The van der Waals surface area contributed by atoms with Crippen LogP contribution in [0.4, 0.5) is 0 Å². The van der Waals surface area contributed by atoms with Crippen LogP contribution in [0, 0.1) is 6.92 Å². The number of hydrogen-bond acceptors (Lipinski definition) is 0. The van der Waals surface area contributed by atoms with Crippen LogP contribution < -0.4 is 0 Å². The van der Waals surface area contributed by atoms with Crippen LogP contribution in [-0.2, 0) is 0 Å². The Morgan fingerprint density at radius 1 is 1.42 bits per heavy atom. The highest BCUT2D eigenvalue weighted by Crippen LogP contribution is 2.40. The second-order valence-corrected chi connectivity index (χ2v) is 3.59. The highest BCUT2D eigenvalue weighted by atomic mass is 14.3. The Labute approximate surface area is 73.9 Å². The van der Waals surface area contributed by atoms with Crippen LogP contribution in [0.15, 0.2) is 24.8 Å². The van der Waals surface area contributed by atoms with Crippen LogP contribution in [0.2, 0.25) is 0 Å². The van der Waals surface area contributed by atoms with Crippen molar-refractivity contribution in [3.05, 3.63) is 41.5 Å². The number of hydrogen-bond donors (Lipinski definition) is 0. The molecule has 0 amide bonds. The van der Waals surface area contributed by atoms with Crippen LogP contribution in [0.5, 0.6) is 0 Å². The fourth-order valence-corrected chi connectivity index (χ4v) is 1.55. The molecule has 0 radical (unpaired) electrons. The topological polar surface area (TPSA) is 0 Å². The monoisotopic (exact) mass is 158 g/mol. The Hall–Kier alpha value is -1.04. The molecule has 1 aromatic rings. The molecule has 0 atom stereocenters. The first-order valence-corrected chi connectivity index (χ1v) is 4.54. The third-order valence-electron chi connectivity index (χ3n) is 2.57. The van der Waals surface area contributed by atoms with Crippen molar-refractivity contribution in [2.24, 2.45) is 0 Å². The first kappa shape index (κ1) is 7.60. The fourth-order valence-electron chi connectivity index (χ4n) is 1.55. The normalized spacial score (nSPS) is 16.1. The molecule has 0 aromatic heterocycles. The Balaban J connectivity index is 2.39. The lowest BCUT2D eigenvalue weighted by molar-refractivity contribution is 1.12. The van der Waals surface area contributed by atoms with Gasteiger partial charge in [0.2, 0.25) is 0 Å². The Bertz CT molecular complexity index is 306. The first-order chi connectivity index (χ1) is 5.81. The minimum Gasteiger partial charge on any atom is -0.0985 e. The Morgan fingerprint density at radius 2 is 2.17 bits per heavy atom. The van der Waals surface area contributed by atoms with Gasteiger partial charge in [-0.15, -0.1) is 0 Å². The summed E-state index contributed by atoms with van der Waals surface area (Å²) in [6.45, 7) is 5.95. The SMILES string of the molecule is C=Cc1cc(C2CC2)ccc1C. The summed E-state index contributed by atoms with van der Waals surface area (Å²) in [6.07, 6.45) is 4.69. The van der Waals surface area contributed by atoms with E-state index in [0.29, 0.717) is 0 Å². The van der Waals surface area contributed by atoms with E-state index in [1.807, 2.05) is 6.08 Å². The molecule has 0 unspecified atom stereocenters. The van der Waals surface area contributed by atoms with Gasteiger partial charge in [0.25, 0.3) is 0 Å². The average molecular weight is 158 g/mol. The van der Waals surface area contributed by atoms with Crippen LogP contribution in [0.3, 0.4) is 0 Å². The zero-order valence-electron chi connectivity index (χ0n) is 7.51. The number of aryl methyl sites for hydroxylation is 1. The van der Waals surface area contributed by atoms with Crippen LogP contribution in [0.25, 0.3) is 6.08 Å². The van der Waals surface area contributed by atoms with Gasteiger partial charge in [-0.25, -0.2) is 0 Å². The predicted molar refractivity (Wildman–Crippen MR) is 53.2 cm³/mol. The van der Waals surface area contributed by atoms with Crippen molar-refractivity contribution in [2.45, 2.75) is 25.7 Å². The molecule has 12 heavy (non-hydrogen) atoms. The van der Waals surface area contributed by atoms with Crippen molar-refractivity contribution in [1.29, 1.82) is 0 Å². The van der Waals surface area contributed by atoms with Gasteiger partial charge in [0.05, 0.1) is 0 Å². The van der Waals surface area contributed by atoms with E-state index in [-0.39, 0.29) is 0 Å². The summed E-state index contributed by atoms with van der Waals surface area (Å²) >= 11 is 0. The van der Waals surface area contributed by atoms with E-state index in [1.54, 1.807) is 0 Å². The molecule has 0 nitrogen and oxygen atoms in total. The third kappa shape index (κ3) is 1.29. The quantitative estimate of drug-likeness (QED) is 0.617. The zero-order valence-corrected chi connectivity index (χ0v) is 7.51. The molecule has 1 saturated carbocycles. The lowest BCUT2D eigenvalue weighted by Gasteiger charge is -2.03. The lowest BCUT2D eigenvalue weighted by Crippen LogP contribution is -1.84. The predicted octanol–water partition coefficient (Wildman–Crippen LogP) is 3.52. The molecule has 2 rings (SSSR count). The second kappa shape index (κ2) is 2.78. The molecule has 0 bridgehead atoms. The van der Waals surface area contributed by atoms with Crippen molar-refractivity contribution in [2.75, 3.05) is 0 Å². The maximum absolute atomic E-state index is 3.81. The van der Waals surface area contributed by atoms with Gasteiger partial charge in [0, 0.05) is 0 Å². The maximum Gasteiger partial charge on any atom is -0.0161 e. The highest BCUT2D eigenvalue weighted by molar-refractivity contribution is 5.53. The van der Waals surface area contributed by atoms with E-state index in [4.69, 9.17) is 0 Å². The summed E-state index contributed by atoms with van der Waals surface area (Å²) in [5.41, 5.74) is 4.12. The van der Waals surface area contributed by atoms with Crippen LogP contribution in [-0.4, -0.2) is 0 Å². The van der Waals surface area contributed by atoms with E-state index in [1.165, 1.54) is 29.5 Å². The standard InChI is InChI=1S/C12H14/c1-3-10-8-12(11-6-7-11)5-4-9(10)2/h3-5,8,11H,1,6-7H2,2H3. The Kier molecular flexibility index (Phi) is 1.76. The van der Waals surface area contributed by atoms with Crippen molar-refractivity contribution in [1.82, 2.24) is 0 Å². The third-order valence-corrected chi connectivity index (χ3v) is 2.57. The summed E-state index contributed by atoms with van der Waals surface area (Å²) < 4.78 is 0. The van der Waals surface area contributed by atoms with Gasteiger partial charge < -0.3 is 0 Å². The molecule has 1 aliphatic carbocycles. The minimum absolute atomic E-state index is 0.851. The largest absolute Gasteiger partial charge is 0.0985 e. The van der Waals surface area contributed by atoms with Gasteiger partial charge >= 0.3 is 0 Å². The van der Waals surface area contributed by atoms with Gasteiger partial charge in [-0.05, 0) is 42.4 Å². The van der Waals surface area contributed by atoms with Crippen molar-refractivity contribution >= 4 is 6.08 Å². The summed E-state index contributed by atoms with van der Waals surface area (Å²) in [6, 6.07) is 6.73. The molecular formula is C12H14. The van der Waals surface area contributed by atoms with Gasteiger partial charge in [-0.1, -0.05) is 30.9 Å². The minimum atomic E-state index is 0.851. The van der Waals surface area contributed by atoms with E-state index >= 15 is 0 Å². The number of benzene rings is 1. The summed E-state index contributed by atoms with van der Waals surface area (Å²) in [4.78, 5) is 0. The van der Waals surface area contributed by atoms with Crippen LogP contribution >= 0.6 is 0 Å². The van der Waals surface area contributed by atoms with Crippen molar-refractivity contribution in [3.63, 3.8) is 0 Å². The molecule has 1 fully saturated rings. The van der Waals surface area contributed by atoms with Crippen molar-refractivity contribution < 1.29 is 0 Å². The molecule has 0 saturated heterocycles. The van der Waals surface area contributed by atoms with E-state index in [2.05, 4.69) is 31.7 Å². The van der Waals surface area contributed by atoms with Gasteiger partial charge in [-0.2, -0.15) is 0 Å². The molecule has 0 heterocycles. The van der Waals surface area contributed by atoms with Gasteiger partial charge in [-0.3, -0.25) is 0 Å². The molecule has 1 aromatic carbocycles. The second-order valence-electron chi connectivity index (χ2n) is 3.59. The summed E-state index contributed by atoms with van der Waals surface area (Å²) in [5, 5.41) is 0. The van der Waals surface area contributed by atoms with Crippen molar-refractivity contribution in [3.8, 4) is 0 Å². The first-order valence-electron chi connectivity index (χ1n) is 4.54. The highest BCUT2D eigenvalue weighted by Gasteiger charge is 2.23. The number of rotatable bonds is 2. The molecular weight excluding hydrogens is 144 g/mol. The molecule has 0 N–H and O–H groups in total. The lowest BCUT2D eigenvalue weighted by atomic mass is 10.0. The van der Waals surface area contributed by atoms with Gasteiger partial charge in [0.1, 0.15) is 0 Å². The zero-order chi connectivity index (χ0) is 8.55. The summed E-state index contributed by atoms with van der Waals surface area (Å²) in [7, 11) is 0. The Morgan fingerprint density at radius 3 is 2.75 bits per heavy atom. The van der Waals surface area contributed by atoms with E-state index in [0.717, 1.165) is 5.92 Å². The van der Waals surface area contributed by atoms with Gasteiger partial charge in [0.15, 0.2) is 0 Å². The smallest absolute Gasteiger partial charge is 0.0161 e. The molecule has 1 aliphatic rings. The molecule has 0 aliphatic heterocycles. The van der Waals surface area contributed by atoms with Crippen LogP contribution in [0.1, 0.15) is 35.4 Å². The molecule has 62 valence electrons. The van der Waals surface area contributed by atoms with E-state index < -0.39 is 0 Å².